The lowest BCUT2D eigenvalue weighted by Crippen LogP contribution is -2.24. The fourth-order valence-electron chi connectivity index (χ4n) is 2.61. The van der Waals surface area contributed by atoms with Crippen LogP contribution in [0.5, 0.6) is 0 Å². The number of nitrogens with one attached hydrogen (secondary N) is 1. The van der Waals surface area contributed by atoms with Crippen molar-refractivity contribution in [3.8, 4) is 0 Å². The van der Waals surface area contributed by atoms with Crippen molar-refractivity contribution in [1.29, 1.82) is 0 Å². The Balaban J connectivity index is 1.67. The first-order chi connectivity index (χ1) is 10.3. The number of imidazole rings is 1. The molecule has 1 aromatic carbocycles. The summed E-state index contributed by atoms with van der Waals surface area (Å²) >= 11 is 0. The van der Waals surface area contributed by atoms with E-state index in [1.807, 2.05) is 30.5 Å². The van der Waals surface area contributed by atoms with Crippen LogP contribution in [0.25, 0.3) is 11.0 Å². The van der Waals surface area contributed by atoms with E-state index in [0.717, 1.165) is 30.0 Å². The molecule has 3 rings (SSSR count). The average molecular weight is 280 g/mol. The number of nitrogens with zero attached hydrogens (tertiary/aromatic N) is 3. The highest BCUT2D eigenvalue weighted by Crippen LogP contribution is 2.18. The minimum atomic E-state index is 0.214. The highest BCUT2D eigenvalue weighted by atomic mass is 15.1. The van der Waals surface area contributed by atoms with Gasteiger partial charge in [0, 0.05) is 31.9 Å². The highest BCUT2D eigenvalue weighted by molar-refractivity contribution is 5.75. The molecule has 1 N–H and O–H groups in total. The SMILES string of the molecule is CC(NCCc1ccccn1)c1nc2ccccc2n1C. The molecule has 3 aromatic rings. The average Bonchev–Trinajstić information content (AvgIpc) is 2.86. The minimum Gasteiger partial charge on any atom is -0.330 e. The summed E-state index contributed by atoms with van der Waals surface area (Å²) in [6, 6.07) is 14.5. The van der Waals surface area contributed by atoms with Crippen molar-refractivity contribution < 1.29 is 0 Å². The van der Waals surface area contributed by atoms with Crippen molar-refractivity contribution in [2.24, 2.45) is 7.05 Å². The Morgan fingerprint density at radius 2 is 1.95 bits per heavy atom. The summed E-state index contributed by atoms with van der Waals surface area (Å²) in [5.41, 5.74) is 3.33. The molecule has 0 bridgehead atoms. The van der Waals surface area contributed by atoms with E-state index in [2.05, 4.69) is 47.0 Å². The van der Waals surface area contributed by atoms with Crippen LogP contribution in [0, 0.1) is 0 Å². The van der Waals surface area contributed by atoms with Gasteiger partial charge in [-0.25, -0.2) is 4.98 Å². The Labute approximate surface area is 124 Å². The molecule has 0 saturated heterocycles. The smallest absolute Gasteiger partial charge is 0.126 e. The van der Waals surface area contributed by atoms with E-state index in [1.54, 1.807) is 0 Å². The number of aromatic nitrogens is 3. The lowest BCUT2D eigenvalue weighted by molar-refractivity contribution is 0.534. The van der Waals surface area contributed by atoms with Gasteiger partial charge in [0.2, 0.25) is 0 Å². The molecule has 2 heterocycles. The molecular formula is C17H20N4. The molecule has 1 unspecified atom stereocenters. The van der Waals surface area contributed by atoms with Crippen LogP contribution in [0.3, 0.4) is 0 Å². The maximum absolute atomic E-state index is 4.72. The van der Waals surface area contributed by atoms with E-state index in [1.165, 1.54) is 5.52 Å². The predicted octanol–water partition coefficient (Wildman–Crippen LogP) is 2.86. The van der Waals surface area contributed by atoms with Gasteiger partial charge in [-0.3, -0.25) is 4.98 Å². The number of aryl methyl sites for hydroxylation is 1. The molecule has 1 atom stereocenters. The van der Waals surface area contributed by atoms with Gasteiger partial charge in [-0.05, 0) is 31.2 Å². The first-order valence-electron chi connectivity index (χ1n) is 7.30. The van der Waals surface area contributed by atoms with E-state index in [-0.39, 0.29) is 6.04 Å². The van der Waals surface area contributed by atoms with Crippen LogP contribution in [0.4, 0.5) is 0 Å². The second-order valence-electron chi connectivity index (χ2n) is 5.26. The van der Waals surface area contributed by atoms with Crippen molar-refractivity contribution in [2.75, 3.05) is 6.54 Å². The summed E-state index contributed by atoms with van der Waals surface area (Å²) in [4.78, 5) is 9.06. The van der Waals surface area contributed by atoms with Crippen LogP contribution in [-0.4, -0.2) is 21.1 Å². The predicted molar refractivity (Wildman–Crippen MR) is 85.1 cm³/mol. The number of benzene rings is 1. The standard InChI is InChI=1S/C17H20N4/c1-13(18-12-10-14-7-5-6-11-19-14)17-20-15-8-3-4-9-16(15)21(17)2/h3-9,11,13,18H,10,12H2,1-2H3. The van der Waals surface area contributed by atoms with Crippen LogP contribution in [-0.2, 0) is 13.5 Å². The number of hydrogen-bond acceptors (Lipinski definition) is 3. The van der Waals surface area contributed by atoms with Crippen LogP contribution < -0.4 is 5.32 Å². The van der Waals surface area contributed by atoms with E-state index in [4.69, 9.17) is 4.98 Å². The van der Waals surface area contributed by atoms with Gasteiger partial charge in [0.25, 0.3) is 0 Å². The molecule has 21 heavy (non-hydrogen) atoms. The zero-order valence-electron chi connectivity index (χ0n) is 12.5. The van der Waals surface area contributed by atoms with Crippen LogP contribution in [0.2, 0.25) is 0 Å². The van der Waals surface area contributed by atoms with Crippen molar-refractivity contribution in [2.45, 2.75) is 19.4 Å². The van der Waals surface area contributed by atoms with E-state index in [0.29, 0.717) is 0 Å². The van der Waals surface area contributed by atoms with Crippen molar-refractivity contribution in [3.05, 3.63) is 60.2 Å². The van der Waals surface area contributed by atoms with Crippen molar-refractivity contribution >= 4 is 11.0 Å². The molecular weight excluding hydrogens is 260 g/mol. The molecule has 0 saturated carbocycles. The summed E-state index contributed by atoms with van der Waals surface area (Å²) in [7, 11) is 2.07. The Kier molecular flexibility index (Phi) is 3.97. The Morgan fingerprint density at radius 3 is 2.71 bits per heavy atom. The minimum absolute atomic E-state index is 0.214. The third-order valence-corrected chi connectivity index (χ3v) is 3.77. The van der Waals surface area contributed by atoms with Gasteiger partial charge >= 0.3 is 0 Å². The zero-order chi connectivity index (χ0) is 14.7. The molecule has 0 aliphatic rings. The van der Waals surface area contributed by atoms with Gasteiger partial charge in [-0.15, -0.1) is 0 Å². The van der Waals surface area contributed by atoms with E-state index < -0.39 is 0 Å². The van der Waals surface area contributed by atoms with E-state index in [9.17, 15) is 0 Å². The van der Waals surface area contributed by atoms with Gasteiger partial charge in [0.05, 0.1) is 17.1 Å². The third kappa shape index (κ3) is 2.95. The fraction of sp³-hybridized carbons (Fsp3) is 0.294. The van der Waals surface area contributed by atoms with Gasteiger partial charge in [0.1, 0.15) is 5.82 Å². The third-order valence-electron chi connectivity index (χ3n) is 3.77. The molecule has 0 fully saturated rings. The van der Waals surface area contributed by atoms with Crippen LogP contribution >= 0.6 is 0 Å². The molecule has 0 spiro atoms. The van der Waals surface area contributed by atoms with Crippen LogP contribution in [0.1, 0.15) is 24.5 Å². The molecule has 0 amide bonds. The largest absolute Gasteiger partial charge is 0.330 e. The summed E-state index contributed by atoms with van der Waals surface area (Å²) in [6.45, 7) is 3.04. The number of rotatable bonds is 5. The summed E-state index contributed by atoms with van der Waals surface area (Å²) in [5, 5.41) is 3.53. The topological polar surface area (TPSA) is 42.7 Å². The fourth-order valence-corrected chi connectivity index (χ4v) is 2.61. The van der Waals surface area contributed by atoms with Gasteiger partial charge in [-0.2, -0.15) is 0 Å². The van der Waals surface area contributed by atoms with E-state index >= 15 is 0 Å². The first kappa shape index (κ1) is 13.8. The van der Waals surface area contributed by atoms with Crippen molar-refractivity contribution in [1.82, 2.24) is 19.9 Å². The second-order valence-corrected chi connectivity index (χ2v) is 5.26. The Morgan fingerprint density at radius 1 is 1.14 bits per heavy atom. The highest BCUT2D eigenvalue weighted by Gasteiger charge is 2.13. The molecule has 4 nitrogen and oxygen atoms in total. The number of para-hydroxylation sites is 2. The Bertz CT molecular complexity index is 718. The molecule has 0 aliphatic heterocycles. The lowest BCUT2D eigenvalue weighted by Gasteiger charge is -2.13. The first-order valence-corrected chi connectivity index (χ1v) is 7.30. The summed E-state index contributed by atoms with van der Waals surface area (Å²) in [5.74, 6) is 1.07. The molecule has 0 radical (unpaired) electrons. The van der Waals surface area contributed by atoms with Gasteiger partial charge < -0.3 is 9.88 Å². The monoisotopic (exact) mass is 280 g/mol. The summed E-state index contributed by atoms with van der Waals surface area (Å²) < 4.78 is 2.16. The zero-order valence-corrected chi connectivity index (χ0v) is 12.5. The maximum Gasteiger partial charge on any atom is 0.126 e. The Hall–Kier alpha value is -2.20. The normalized spacial score (nSPS) is 12.7. The van der Waals surface area contributed by atoms with Gasteiger partial charge in [0.15, 0.2) is 0 Å². The second kappa shape index (κ2) is 6.06. The molecule has 108 valence electrons. The van der Waals surface area contributed by atoms with Gasteiger partial charge in [-0.1, -0.05) is 18.2 Å². The molecule has 2 aromatic heterocycles. The quantitative estimate of drug-likeness (QED) is 0.781. The lowest BCUT2D eigenvalue weighted by atomic mass is 10.2. The summed E-state index contributed by atoms with van der Waals surface area (Å²) in [6.07, 6.45) is 2.76. The number of fused-ring (bicyclic) bond motifs is 1. The van der Waals surface area contributed by atoms with Crippen molar-refractivity contribution in [3.63, 3.8) is 0 Å². The maximum atomic E-state index is 4.72. The molecule has 4 heteroatoms. The molecule has 0 aliphatic carbocycles. The van der Waals surface area contributed by atoms with Crippen LogP contribution in [0.15, 0.2) is 48.7 Å². The number of hydrogen-bond donors (Lipinski definition) is 1. The number of pyridine rings is 1.